The molecular formula is C19H24N2O4S. The number of carbonyl (C=O) groups excluding carboxylic acids is 1. The molecule has 0 spiro atoms. The SMILES string of the molecule is COCCCNC(=O)c1ccc(C)c(N(C)S(=O)(=O)c2ccccc2)c1. The van der Waals surface area contributed by atoms with Crippen LogP contribution in [0.1, 0.15) is 22.3 Å². The van der Waals surface area contributed by atoms with Crippen LogP contribution in [0.2, 0.25) is 0 Å². The molecule has 0 saturated carbocycles. The van der Waals surface area contributed by atoms with Gasteiger partial charge < -0.3 is 10.1 Å². The summed E-state index contributed by atoms with van der Waals surface area (Å²) in [7, 11) is -0.597. The first kappa shape index (κ1) is 19.9. The standard InChI is InChI=1S/C19H24N2O4S/c1-15-10-11-16(19(22)20-12-7-13-25-3)14-18(15)21(2)26(23,24)17-8-5-4-6-9-17/h4-6,8-11,14H,7,12-13H2,1-3H3,(H,20,22). The third-order valence-corrected chi connectivity index (χ3v) is 5.81. The van der Waals surface area contributed by atoms with Gasteiger partial charge in [0.15, 0.2) is 0 Å². The molecule has 2 aromatic rings. The normalized spacial score (nSPS) is 11.2. The predicted octanol–water partition coefficient (Wildman–Crippen LogP) is 2.59. The Labute approximate surface area is 154 Å². The fourth-order valence-electron chi connectivity index (χ4n) is 2.49. The lowest BCUT2D eigenvalue weighted by Crippen LogP contribution is -2.28. The first-order chi connectivity index (χ1) is 12.4. The summed E-state index contributed by atoms with van der Waals surface area (Å²) in [6, 6.07) is 13.3. The van der Waals surface area contributed by atoms with Gasteiger partial charge in [-0.05, 0) is 43.2 Å². The van der Waals surface area contributed by atoms with Crippen LogP contribution in [-0.2, 0) is 14.8 Å². The lowest BCUT2D eigenvalue weighted by Gasteiger charge is -2.22. The molecule has 2 aromatic carbocycles. The van der Waals surface area contributed by atoms with E-state index in [-0.39, 0.29) is 10.8 Å². The van der Waals surface area contributed by atoms with E-state index in [2.05, 4.69) is 5.32 Å². The van der Waals surface area contributed by atoms with E-state index in [4.69, 9.17) is 4.74 Å². The van der Waals surface area contributed by atoms with Crippen LogP contribution in [0.25, 0.3) is 0 Å². The monoisotopic (exact) mass is 376 g/mol. The van der Waals surface area contributed by atoms with E-state index in [1.54, 1.807) is 55.6 Å². The van der Waals surface area contributed by atoms with Crippen LogP contribution in [0.3, 0.4) is 0 Å². The van der Waals surface area contributed by atoms with E-state index < -0.39 is 10.0 Å². The number of aryl methyl sites for hydroxylation is 1. The number of nitrogens with zero attached hydrogens (tertiary/aromatic N) is 1. The van der Waals surface area contributed by atoms with Crippen LogP contribution in [0.4, 0.5) is 5.69 Å². The Bertz CT molecular complexity index is 851. The van der Waals surface area contributed by atoms with Crippen molar-refractivity contribution in [3.05, 3.63) is 59.7 Å². The summed E-state index contributed by atoms with van der Waals surface area (Å²) in [5.74, 6) is -0.243. The molecule has 6 nitrogen and oxygen atoms in total. The molecule has 0 fully saturated rings. The smallest absolute Gasteiger partial charge is 0.264 e. The Morgan fingerprint density at radius 3 is 2.50 bits per heavy atom. The van der Waals surface area contributed by atoms with Crippen molar-refractivity contribution >= 4 is 21.6 Å². The van der Waals surface area contributed by atoms with Gasteiger partial charge in [0.05, 0.1) is 10.6 Å². The van der Waals surface area contributed by atoms with Crippen molar-refractivity contribution in [2.75, 3.05) is 31.6 Å². The second-order valence-corrected chi connectivity index (χ2v) is 7.86. The maximum atomic E-state index is 12.8. The molecule has 0 aliphatic carbocycles. The maximum Gasteiger partial charge on any atom is 0.264 e. The van der Waals surface area contributed by atoms with Crippen LogP contribution in [-0.4, -0.2) is 41.6 Å². The van der Waals surface area contributed by atoms with Crippen LogP contribution < -0.4 is 9.62 Å². The van der Waals surface area contributed by atoms with Gasteiger partial charge in [-0.15, -0.1) is 0 Å². The number of anilines is 1. The van der Waals surface area contributed by atoms with Crippen molar-refractivity contribution in [3.63, 3.8) is 0 Å². The van der Waals surface area contributed by atoms with E-state index in [0.29, 0.717) is 30.8 Å². The molecule has 0 aliphatic rings. The number of nitrogens with one attached hydrogen (secondary N) is 1. The molecule has 0 radical (unpaired) electrons. The maximum absolute atomic E-state index is 12.8. The molecule has 140 valence electrons. The van der Waals surface area contributed by atoms with Gasteiger partial charge in [0.25, 0.3) is 15.9 Å². The van der Waals surface area contributed by atoms with Gasteiger partial charge in [-0.25, -0.2) is 8.42 Å². The zero-order valence-electron chi connectivity index (χ0n) is 15.2. The number of carbonyl (C=O) groups is 1. The highest BCUT2D eigenvalue weighted by atomic mass is 32.2. The molecular weight excluding hydrogens is 352 g/mol. The average Bonchev–Trinajstić information content (AvgIpc) is 2.65. The summed E-state index contributed by atoms with van der Waals surface area (Å²) in [6.07, 6.45) is 0.712. The van der Waals surface area contributed by atoms with Gasteiger partial charge in [0.2, 0.25) is 0 Å². The molecule has 1 amide bonds. The Morgan fingerprint density at radius 1 is 1.15 bits per heavy atom. The van der Waals surface area contributed by atoms with Crippen LogP contribution in [0, 0.1) is 6.92 Å². The number of methoxy groups -OCH3 is 1. The van der Waals surface area contributed by atoms with Crippen molar-refractivity contribution in [1.82, 2.24) is 5.32 Å². The van der Waals surface area contributed by atoms with E-state index in [0.717, 1.165) is 5.56 Å². The number of amides is 1. The predicted molar refractivity (Wildman–Crippen MR) is 102 cm³/mol. The molecule has 0 bridgehead atoms. The highest BCUT2D eigenvalue weighted by Gasteiger charge is 2.23. The fourth-order valence-corrected chi connectivity index (χ4v) is 3.76. The van der Waals surface area contributed by atoms with Crippen LogP contribution in [0.5, 0.6) is 0 Å². The van der Waals surface area contributed by atoms with E-state index in [9.17, 15) is 13.2 Å². The molecule has 1 N–H and O–H groups in total. The van der Waals surface area contributed by atoms with Gasteiger partial charge in [-0.2, -0.15) is 0 Å². The molecule has 7 heteroatoms. The summed E-state index contributed by atoms with van der Waals surface area (Å²) in [5.41, 5.74) is 1.65. The molecule has 0 unspecified atom stereocenters. The molecule has 0 heterocycles. The Hall–Kier alpha value is -2.38. The van der Waals surface area contributed by atoms with Crippen LogP contribution in [0.15, 0.2) is 53.4 Å². The largest absolute Gasteiger partial charge is 0.385 e. The summed E-state index contributed by atoms with van der Waals surface area (Å²) in [5, 5.41) is 2.80. The molecule has 26 heavy (non-hydrogen) atoms. The second-order valence-electron chi connectivity index (χ2n) is 5.89. The minimum Gasteiger partial charge on any atom is -0.385 e. The Morgan fingerprint density at radius 2 is 1.85 bits per heavy atom. The van der Waals surface area contributed by atoms with E-state index >= 15 is 0 Å². The topological polar surface area (TPSA) is 75.7 Å². The van der Waals surface area contributed by atoms with Gasteiger partial charge in [-0.1, -0.05) is 24.3 Å². The van der Waals surface area contributed by atoms with Gasteiger partial charge in [0, 0.05) is 32.9 Å². The van der Waals surface area contributed by atoms with Crippen molar-refractivity contribution in [2.45, 2.75) is 18.2 Å². The fraction of sp³-hybridized carbons (Fsp3) is 0.316. The zero-order valence-corrected chi connectivity index (χ0v) is 16.0. The molecule has 0 atom stereocenters. The van der Waals surface area contributed by atoms with Crippen molar-refractivity contribution < 1.29 is 17.9 Å². The number of rotatable bonds is 8. The van der Waals surface area contributed by atoms with Crippen molar-refractivity contribution in [3.8, 4) is 0 Å². The second kappa shape index (κ2) is 8.82. The number of benzene rings is 2. The first-order valence-electron chi connectivity index (χ1n) is 8.29. The zero-order chi connectivity index (χ0) is 19.2. The Kier molecular flexibility index (Phi) is 6.76. The average molecular weight is 376 g/mol. The van der Waals surface area contributed by atoms with Crippen molar-refractivity contribution in [2.24, 2.45) is 0 Å². The lowest BCUT2D eigenvalue weighted by molar-refractivity contribution is 0.0948. The number of ether oxygens (including phenoxy) is 1. The molecule has 2 rings (SSSR count). The Balaban J connectivity index is 2.25. The summed E-state index contributed by atoms with van der Waals surface area (Å²) >= 11 is 0. The van der Waals surface area contributed by atoms with E-state index in [1.165, 1.54) is 11.4 Å². The van der Waals surface area contributed by atoms with Gasteiger partial charge >= 0.3 is 0 Å². The number of hydrogen-bond donors (Lipinski definition) is 1. The molecule has 0 aliphatic heterocycles. The third kappa shape index (κ3) is 4.62. The summed E-state index contributed by atoms with van der Waals surface area (Å²) in [6.45, 7) is 2.87. The quantitative estimate of drug-likeness (QED) is 0.719. The lowest BCUT2D eigenvalue weighted by atomic mass is 10.1. The number of sulfonamides is 1. The van der Waals surface area contributed by atoms with Gasteiger partial charge in [0.1, 0.15) is 0 Å². The third-order valence-electron chi connectivity index (χ3n) is 4.02. The molecule has 0 aromatic heterocycles. The van der Waals surface area contributed by atoms with Crippen molar-refractivity contribution in [1.29, 1.82) is 0 Å². The van der Waals surface area contributed by atoms with E-state index in [1.807, 2.05) is 6.92 Å². The minimum absolute atomic E-state index is 0.205. The number of hydrogen-bond acceptors (Lipinski definition) is 4. The highest BCUT2D eigenvalue weighted by molar-refractivity contribution is 7.92. The molecule has 0 saturated heterocycles. The first-order valence-corrected chi connectivity index (χ1v) is 9.73. The summed E-state index contributed by atoms with van der Waals surface area (Å²) < 4.78 is 31.8. The van der Waals surface area contributed by atoms with Crippen LogP contribution >= 0.6 is 0 Å². The summed E-state index contributed by atoms with van der Waals surface area (Å²) in [4.78, 5) is 12.5. The minimum atomic E-state index is -3.70. The highest BCUT2D eigenvalue weighted by Crippen LogP contribution is 2.26. The van der Waals surface area contributed by atoms with Gasteiger partial charge in [-0.3, -0.25) is 9.10 Å².